The molecule has 0 bridgehead atoms. The van der Waals surface area contributed by atoms with Crippen molar-refractivity contribution >= 4 is 76.1 Å². The highest BCUT2D eigenvalue weighted by atomic mass is 35.5. The number of halogens is 3. The zero-order valence-electron chi connectivity index (χ0n) is 23.6. The number of carboxylic acids is 1. The molecule has 0 aliphatic heterocycles. The van der Waals surface area contributed by atoms with Crippen LogP contribution in [0.5, 0.6) is 0 Å². The number of rotatable bonds is 11. The zero-order chi connectivity index (χ0) is 32.5. The molecule has 8 nitrogen and oxygen atoms in total. The Morgan fingerprint density at radius 3 is 2.29 bits per heavy atom. The third-order valence-corrected chi connectivity index (χ3v) is 8.34. The van der Waals surface area contributed by atoms with E-state index in [-0.39, 0.29) is 38.1 Å². The number of carbonyl (C=O) groups excluding carboxylic acids is 3. The van der Waals surface area contributed by atoms with Gasteiger partial charge in [-0.3, -0.25) is 14.4 Å². The molecule has 230 valence electrons. The second-order valence-corrected chi connectivity index (χ2v) is 11.6. The first-order valence-electron chi connectivity index (χ1n) is 13.5. The van der Waals surface area contributed by atoms with Crippen LogP contribution in [0.1, 0.15) is 39.6 Å². The minimum absolute atomic E-state index is 0.0236. The molecular weight excluding hydrogens is 640 g/mol. The van der Waals surface area contributed by atoms with Gasteiger partial charge in [0, 0.05) is 21.7 Å². The van der Waals surface area contributed by atoms with Crippen molar-refractivity contribution in [1.29, 1.82) is 0 Å². The molecular formula is C33H26Cl2FN3O5S. The summed E-state index contributed by atoms with van der Waals surface area (Å²) in [6.07, 6.45) is 1.58. The topological polar surface area (TPSA) is 125 Å². The molecule has 4 aromatic rings. The van der Waals surface area contributed by atoms with Crippen molar-refractivity contribution in [2.24, 2.45) is 0 Å². The first kappa shape index (κ1) is 33.3. The second kappa shape index (κ2) is 15.4. The predicted octanol–water partition coefficient (Wildman–Crippen LogP) is 7.75. The summed E-state index contributed by atoms with van der Waals surface area (Å²) >= 11 is 13.6. The van der Waals surface area contributed by atoms with Crippen LogP contribution in [0, 0.1) is 5.82 Å². The predicted molar refractivity (Wildman–Crippen MR) is 175 cm³/mol. The number of anilines is 2. The molecule has 4 N–H and O–H groups in total. The van der Waals surface area contributed by atoms with E-state index < -0.39 is 34.8 Å². The van der Waals surface area contributed by atoms with Gasteiger partial charge in [0.2, 0.25) is 5.91 Å². The molecule has 0 saturated heterocycles. The van der Waals surface area contributed by atoms with Crippen LogP contribution >= 0.6 is 35.0 Å². The lowest BCUT2D eigenvalue weighted by Crippen LogP contribution is -2.30. The Labute approximate surface area is 272 Å². The number of aromatic carboxylic acids is 1. The van der Waals surface area contributed by atoms with Crippen LogP contribution in [-0.2, 0) is 9.59 Å². The van der Waals surface area contributed by atoms with E-state index in [4.69, 9.17) is 23.2 Å². The molecule has 0 radical (unpaired) electrons. The van der Waals surface area contributed by atoms with Crippen molar-refractivity contribution in [2.75, 3.05) is 10.6 Å². The van der Waals surface area contributed by atoms with Crippen LogP contribution in [0.2, 0.25) is 10.0 Å². The van der Waals surface area contributed by atoms with E-state index in [0.29, 0.717) is 17.0 Å². The highest BCUT2D eigenvalue weighted by Gasteiger charge is 2.21. The number of hydrogen-bond acceptors (Lipinski definition) is 5. The summed E-state index contributed by atoms with van der Waals surface area (Å²) in [4.78, 5) is 51.4. The van der Waals surface area contributed by atoms with Crippen LogP contribution < -0.4 is 16.0 Å². The Bertz CT molecular complexity index is 1770. The molecule has 0 heterocycles. The molecule has 0 spiro atoms. The molecule has 1 unspecified atom stereocenters. The third kappa shape index (κ3) is 8.95. The number of thioether (sulfide) groups is 1. The Kier molecular flexibility index (Phi) is 11.4. The van der Waals surface area contributed by atoms with Crippen LogP contribution in [-0.4, -0.2) is 34.0 Å². The van der Waals surface area contributed by atoms with Crippen molar-refractivity contribution in [1.82, 2.24) is 5.32 Å². The first-order chi connectivity index (χ1) is 21.5. The van der Waals surface area contributed by atoms with E-state index in [9.17, 15) is 28.7 Å². The number of hydrogen-bond donors (Lipinski definition) is 4. The lowest BCUT2D eigenvalue weighted by molar-refractivity contribution is -0.116. The normalized spacial score (nSPS) is 11.8. The van der Waals surface area contributed by atoms with Gasteiger partial charge in [-0.05, 0) is 73.2 Å². The number of nitrogens with one attached hydrogen (secondary N) is 3. The van der Waals surface area contributed by atoms with E-state index in [0.717, 1.165) is 6.08 Å². The van der Waals surface area contributed by atoms with E-state index in [2.05, 4.69) is 16.0 Å². The first-order valence-corrected chi connectivity index (χ1v) is 15.1. The minimum atomic E-state index is -1.16. The van der Waals surface area contributed by atoms with Gasteiger partial charge in [0.05, 0.1) is 26.5 Å². The maximum absolute atomic E-state index is 14.6. The summed E-state index contributed by atoms with van der Waals surface area (Å²) in [7, 11) is 0. The summed E-state index contributed by atoms with van der Waals surface area (Å²) in [5.74, 6) is -3.55. The van der Waals surface area contributed by atoms with Gasteiger partial charge in [-0.15, -0.1) is 11.8 Å². The van der Waals surface area contributed by atoms with Crippen molar-refractivity contribution in [3.63, 3.8) is 0 Å². The van der Waals surface area contributed by atoms with Gasteiger partial charge < -0.3 is 21.1 Å². The average Bonchev–Trinajstić information content (AvgIpc) is 3.02. The fourth-order valence-electron chi connectivity index (χ4n) is 4.03. The Morgan fingerprint density at radius 1 is 0.867 bits per heavy atom. The summed E-state index contributed by atoms with van der Waals surface area (Å²) in [6, 6.07) is 23.0. The fraction of sp³-hybridized carbons (Fsp3) is 0.0909. The van der Waals surface area contributed by atoms with E-state index in [1.54, 1.807) is 54.6 Å². The third-order valence-electron chi connectivity index (χ3n) is 6.32. The summed E-state index contributed by atoms with van der Waals surface area (Å²) in [5, 5.41) is 16.9. The molecule has 0 aliphatic rings. The number of amides is 3. The van der Waals surface area contributed by atoms with Crippen LogP contribution in [0.15, 0.2) is 102 Å². The van der Waals surface area contributed by atoms with E-state index in [1.807, 2.05) is 6.92 Å². The fourth-order valence-corrected chi connectivity index (χ4v) is 5.43. The molecule has 4 aromatic carbocycles. The highest BCUT2D eigenvalue weighted by molar-refractivity contribution is 8.00. The minimum Gasteiger partial charge on any atom is -0.478 e. The molecule has 1 atom stereocenters. The van der Waals surface area contributed by atoms with Crippen LogP contribution in [0.25, 0.3) is 6.08 Å². The summed E-state index contributed by atoms with van der Waals surface area (Å²) < 4.78 is 14.6. The lowest BCUT2D eigenvalue weighted by Gasteiger charge is -2.17. The van der Waals surface area contributed by atoms with Crippen LogP contribution in [0.3, 0.4) is 0 Å². The van der Waals surface area contributed by atoms with E-state index in [1.165, 1.54) is 48.2 Å². The van der Waals surface area contributed by atoms with Crippen molar-refractivity contribution in [3.05, 3.63) is 129 Å². The molecule has 12 heteroatoms. The number of carboxylic acid groups (broad SMARTS) is 1. The molecule has 4 rings (SSSR count). The van der Waals surface area contributed by atoms with Gasteiger partial charge in [-0.25, -0.2) is 9.18 Å². The number of benzene rings is 4. The molecule has 0 saturated carbocycles. The van der Waals surface area contributed by atoms with Gasteiger partial charge in [0.25, 0.3) is 11.8 Å². The molecule has 3 amide bonds. The van der Waals surface area contributed by atoms with Crippen molar-refractivity contribution in [3.8, 4) is 0 Å². The SMILES string of the molecule is CCC(Sc1cccc(NC(=O)/C(=C\c2c(F)cccc2Cl)NC(=O)c2ccccc2)c1)C(=O)Nc1cc(C(=O)O)ccc1Cl. The second-order valence-electron chi connectivity index (χ2n) is 9.50. The van der Waals surface area contributed by atoms with Gasteiger partial charge >= 0.3 is 5.97 Å². The highest BCUT2D eigenvalue weighted by Crippen LogP contribution is 2.30. The maximum atomic E-state index is 14.6. The quantitative estimate of drug-likeness (QED) is 0.0959. The summed E-state index contributed by atoms with van der Waals surface area (Å²) in [5.41, 5.74) is 0.456. The maximum Gasteiger partial charge on any atom is 0.335 e. The van der Waals surface area contributed by atoms with E-state index >= 15 is 0 Å². The Hall–Kier alpha value is -4.64. The largest absolute Gasteiger partial charge is 0.478 e. The van der Waals surface area contributed by atoms with Crippen molar-refractivity contribution < 1.29 is 28.7 Å². The Balaban J connectivity index is 1.53. The average molecular weight is 667 g/mol. The standard InChI is InChI=1S/C33H26Cl2FN3O5S/c1-2-29(32(42)38-27-16-20(33(43)44)14-15-25(27)35)45-22-11-6-10-21(17-22)37-31(41)28(18-23-24(34)12-7-13-26(23)36)39-30(40)19-8-4-3-5-9-19/h3-18,29H,2H2,1H3,(H,37,41)(H,38,42)(H,39,40)(H,43,44)/b28-18+. The van der Waals surface area contributed by atoms with Crippen molar-refractivity contribution in [2.45, 2.75) is 23.5 Å². The molecule has 45 heavy (non-hydrogen) atoms. The smallest absolute Gasteiger partial charge is 0.335 e. The van der Waals surface area contributed by atoms with Gasteiger partial charge in [-0.1, -0.05) is 60.5 Å². The van der Waals surface area contributed by atoms with Gasteiger partial charge in [-0.2, -0.15) is 0 Å². The molecule has 0 aromatic heterocycles. The van der Waals surface area contributed by atoms with Gasteiger partial charge in [0.1, 0.15) is 11.5 Å². The lowest BCUT2D eigenvalue weighted by atomic mass is 10.1. The zero-order valence-corrected chi connectivity index (χ0v) is 26.0. The van der Waals surface area contributed by atoms with Gasteiger partial charge in [0.15, 0.2) is 0 Å². The summed E-state index contributed by atoms with van der Waals surface area (Å²) in [6.45, 7) is 1.82. The molecule has 0 aliphatic carbocycles. The number of carbonyl (C=O) groups is 4. The van der Waals surface area contributed by atoms with Crippen LogP contribution in [0.4, 0.5) is 15.8 Å². The molecule has 0 fully saturated rings. The monoisotopic (exact) mass is 665 g/mol. The Morgan fingerprint density at radius 2 is 1.60 bits per heavy atom.